The van der Waals surface area contributed by atoms with E-state index in [0.29, 0.717) is 24.1 Å². The van der Waals surface area contributed by atoms with Crippen molar-refractivity contribution in [2.45, 2.75) is 102 Å². The Kier molecular flexibility index (Phi) is 8.99. The number of carboxylic acids is 1. The molecule has 3 heterocycles. The van der Waals surface area contributed by atoms with E-state index in [-0.39, 0.29) is 36.7 Å². The highest BCUT2D eigenvalue weighted by Crippen LogP contribution is 2.45. The first-order valence-corrected chi connectivity index (χ1v) is 15.4. The smallest absolute Gasteiger partial charge is 0.408 e. The highest BCUT2D eigenvalue weighted by molar-refractivity contribution is 5.96. The van der Waals surface area contributed by atoms with Crippen LogP contribution in [0.3, 0.4) is 0 Å². The summed E-state index contributed by atoms with van der Waals surface area (Å²) in [7, 11) is 0. The van der Waals surface area contributed by atoms with E-state index >= 15 is 0 Å². The molecule has 0 bridgehead atoms. The lowest BCUT2D eigenvalue weighted by Gasteiger charge is -2.30. The van der Waals surface area contributed by atoms with Crippen molar-refractivity contribution in [3.05, 3.63) is 41.9 Å². The molecule has 0 radical (unpaired) electrons. The van der Waals surface area contributed by atoms with Crippen LogP contribution < -0.4 is 15.4 Å². The zero-order valence-electron chi connectivity index (χ0n) is 26.0. The molecule has 1 unspecified atom stereocenters. The molecular weight excluding hydrogens is 585 g/mol. The summed E-state index contributed by atoms with van der Waals surface area (Å²) < 4.78 is 26.1. The van der Waals surface area contributed by atoms with Crippen LogP contribution in [0.1, 0.15) is 71.4 Å². The molecule has 3 aliphatic rings. The first-order chi connectivity index (χ1) is 21.3. The molecule has 2 aromatic rings. The number of hydrogen-bond acceptors (Lipinski definition) is 8. The van der Waals surface area contributed by atoms with Crippen molar-refractivity contribution in [3.8, 4) is 5.88 Å². The number of benzene rings is 1. The van der Waals surface area contributed by atoms with Gasteiger partial charge in [0.2, 0.25) is 17.7 Å². The van der Waals surface area contributed by atoms with Crippen LogP contribution in [0.5, 0.6) is 5.88 Å². The molecule has 45 heavy (non-hydrogen) atoms. The number of aromatic nitrogens is 2. The number of rotatable bonds is 4. The highest BCUT2D eigenvalue weighted by atomic mass is 19.1. The predicted octanol–water partition coefficient (Wildman–Crippen LogP) is 3.80. The Bertz CT molecular complexity index is 1530. The van der Waals surface area contributed by atoms with Crippen LogP contribution in [0.4, 0.5) is 9.18 Å². The van der Waals surface area contributed by atoms with Crippen LogP contribution in [0, 0.1) is 18.7 Å². The number of para-hydroxylation sites is 1. The maximum Gasteiger partial charge on any atom is 0.408 e. The second kappa shape index (κ2) is 12.6. The minimum absolute atomic E-state index is 0.0172. The van der Waals surface area contributed by atoms with E-state index < -0.39 is 59.0 Å². The van der Waals surface area contributed by atoms with Gasteiger partial charge in [-0.05, 0) is 65.5 Å². The minimum Gasteiger partial charge on any atom is -0.479 e. The lowest BCUT2D eigenvalue weighted by Crippen LogP contribution is -2.56. The number of carboxylic acid groups (broad SMARTS) is 1. The van der Waals surface area contributed by atoms with Crippen molar-refractivity contribution in [1.82, 2.24) is 25.5 Å². The fourth-order valence-electron chi connectivity index (χ4n) is 5.98. The van der Waals surface area contributed by atoms with Crippen LogP contribution in [-0.2, 0) is 19.1 Å². The van der Waals surface area contributed by atoms with Crippen molar-refractivity contribution >= 4 is 34.9 Å². The Hall–Kier alpha value is -4.29. The molecule has 13 heteroatoms. The second-order valence-corrected chi connectivity index (χ2v) is 13.0. The molecule has 1 saturated heterocycles. The number of nitrogens with zero attached hydrogens (tertiary/aromatic N) is 3. The summed E-state index contributed by atoms with van der Waals surface area (Å²) in [6, 6.07) is 2.34. The first kappa shape index (κ1) is 32.1. The maximum atomic E-state index is 14.5. The van der Waals surface area contributed by atoms with E-state index in [1.807, 2.05) is 12.2 Å². The fraction of sp³-hybridized carbons (Fsp3) is 0.562. The zero-order valence-corrected chi connectivity index (χ0v) is 26.0. The Morgan fingerprint density at radius 1 is 1.18 bits per heavy atom. The van der Waals surface area contributed by atoms with Crippen LogP contribution in [0.25, 0.3) is 11.0 Å². The molecule has 2 fully saturated rings. The third-order valence-electron chi connectivity index (χ3n) is 8.37. The molecule has 1 saturated carbocycles. The third-order valence-corrected chi connectivity index (χ3v) is 8.37. The number of halogens is 1. The van der Waals surface area contributed by atoms with Gasteiger partial charge in [-0.15, -0.1) is 0 Å². The van der Waals surface area contributed by atoms with Crippen molar-refractivity contribution in [1.29, 1.82) is 0 Å². The minimum atomic E-state index is -1.46. The second-order valence-electron chi connectivity index (χ2n) is 13.0. The lowest BCUT2D eigenvalue weighted by molar-refractivity contribution is -0.145. The van der Waals surface area contributed by atoms with Crippen molar-refractivity contribution in [2.24, 2.45) is 5.92 Å². The molecular formula is C32H40FN5O7. The number of alkyl carbamates (subject to hydrolysis) is 1. The number of carbonyl (C=O) groups is 4. The first-order valence-electron chi connectivity index (χ1n) is 15.4. The number of carbonyl (C=O) groups excluding carboxylic acids is 3. The number of allylic oxidation sites excluding steroid dienone is 1. The lowest BCUT2D eigenvalue weighted by atomic mass is 10.0. The number of fused-ring (bicyclic) bond motifs is 3. The van der Waals surface area contributed by atoms with E-state index in [1.165, 1.54) is 17.0 Å². The van der Waals surface area contributed by atoms with Gasteiger partial charge >= 0.3 is 12.1 Å². The average Bonchev–Trinajstić information content (AvgIpc) is 3.48. The summed E-state index contributed by atoms with van der Waals surface area (Å²) in [5.41, 5.74) is -1.48. The topological polar surface area (TPSA) is 160 Å². The maximum absolute atomic E-state index is 14.5. The largest absolute Gasteiger partial charge is 0.479 e. The van der Waals surface area contributed by atoms with Gasteiger partial charge < -0.3 is 30.1 Å². The molecule has 5 atom stereocenters. The van der Waals surface area contributed by atoms with Gasteiger partial charge in [0, 0.05) is 12.3 Å². The van der Waals surface area contributed by atoms with Crippen LogP contribution >= 0.6 is 0 Å². The van der Waals surface area contributed by atoms with Gasteiger partial charge in [-0.1, -0.05) is 31.1 Å². The summed E-state index contributed by atoms with van der Waals surface area (Å²) in [6.45, 7) is 6.76. The van der Waals surface area contributed by atoms with E-state index in [9.17, 15) is 28.7 Å². The van der Waals surface area contributed by atoms with Crippen LogP contribution in [-0.4, -0.2) is 79.7 Å². The monoisotopic (exact) mass is 625 g/mol. The molecule has 2 aliphatic heterocycles. The Morgan fingerprint density at radius 2 is 1.96 bits per heavy atom. The summed E-state index contributed by atoms with van der Waals surface area (Å²) in [5.74, 6) is -3.16. The third kappa shape index (κ3) is 7.18. The number of hydrogen-bond donors (Lipinski definition) is 3. The van der Waals surface area contributed by atoms with Gasteiger partial charge in [0.15, 0.2) is 5.82 Å². The van der Waals surface area contributed by atoms with Gasteiger partial charge in [0.05, 0.1) is 12.1 Å². The van der Waals surface area contributed by atoms with Gasteiger partial charge in [-0.2, -0.15) is 0 Å². The number of aliphatic carboxylic acids is 1. The molecule has 242 valence electrons. The zero-order chi connectivity index (χ0) is 32.5. The summed E-state index contributed by atoms with van der Waals surface area (Å²) in [4.78, 5) is 63.0. The van der Waals surface area contributed by atoms with Crippen LogP contribution in [0.15, 0.2) is 30.4 Å². The average molecular weight is 626 g/mol. The van der Waals surface area contributed by atoms with Crippen molar-refractivity contribution < 1.29 is 38.1 Å². The molecule has 5 rings (SSSR count). The Labute approximate surface area is 260 Å². The molecule has 3 N–H and O–H groups in total. The molecule has 1 aromatic heterocycles. The summed E-state index contributed by atoms with van der Waals surface area (Å²) in [6.07, 6.45) is 5.79. The molecule has 0 spiro atoms. The normalized spacial score (nSPS) is 28.2. The summed E-state index contributed by atoms with van der Waals surface area (Å²) >= 11 is 0. The van der Waals surface area contributed by atoms with Crippen molar-refractivity contribution in [2.75, 3.05) is 6.54 Å². The number of amides is 3. The quantitative estimate of drug-likeness (QED) is 0.430. The predicted molar refractivity (Wildman–Crippen MR) is 161 cm³/mol. The highest BCUT2D eigenvalue weighted by Gasteiger charge is 2.61. The Morgan fingerprint density at radius 3 is 2.69 bits per heavy atom. The molecule has 1 aromatic carbocycles. The van der Waals surface area contributed by atoms with Gasteiger partial charge in [-0.25, -0.2) is 23.9 Å². The van der Waals surface area contributed by atoms with Crippen molar-refractivity contribution in [3.63, 3.8) is 0 Å². The molecule has 12 nitrogen and oxygen atoms in total. The number of ether oxygens (including phenoxy) is 2. The molecule has 1 aliphatic carbocycles. The summed E-state index contributed by atoms with van der Waals surface area (Å²) in [5, 5.41) is 15.5. The SMILES string of the molecule is Cc1nc2cccc(F)c2nc1O[C@@H]1C[C@H]2C(=O)N[C@]3(C(=O)O)CC3/C=C\CCCCC[C@H](NC(=O)OC(C)(C)C)C(=O)N2C1. The van der Waals surface area contributed by atoms with E-state index in [0.717, 1.165) is 19.3 Å². The number of nitrogens with one attached hydrogen (secondary N) is 2. The van der Waals surface area contributed by atoms with Gasteiger partial charge in [0.1, 0.15) is 40.5 Å². The van der Waals surface area contributed by atoms with E-state index in [1.54, 1.807) is 33.8 Å². The van der Waals surface area contributed by atoms with E-state index in [2.05, 4.69) is 20.6 Å². The van der Waals surface area contributed by atoms with Gasteiger partial charge in [-0.3, -0.25) is 9.59 Å². The Balaban J connectivity index is 1.45. The standard InChI is InChI=1S/C32H40FN5O7/c1-18-27(36-25-21(33)12-10-14-22(25)34-18)44-20-15-24-26(39)37-32(29(41)42)16-19(32)11-8-6-5-7-9-13-23(28(40)38(24)17-20)35-30(43)45-31(2,3)4/h8,10-12,14,19-20,23-24H,5-7,9,13,15-17H2,1-4H3,(H,35,43)(H,37,39)(H,41,42)/b11-8-/t19?,20-,23+,24+,32-/m1/s1. The molecule has 3 amide bonds. The van der Waals surface area contributed by atoms with Crippen LogP contribution in [0.2, 0.25) is 0 Å². The number of aryl methyl sites for hydroxylation is 1. The van der Waals surface area contributed by atoms with Gasteiger partial charge in [0.25, 0.3) is 0 Å². The van der Waals surface area contributed by atoms with E-state index in [4.69, 9.17) is 9.47 Å². The fourth-order valence-corrected chi connectivity index (χ4v) is 5.98.